The van der Waals surface area contributed by atoms with Crippen LogP contribution in [0.1, 0.15) is 19.4 Å². The minimum atomic E-state index is -4.36. The van der Waals surface area contributed by atoms with Gasteiger partial charge in [0.2, 0.25) is 5.82 Å². The Labute approximate surface area is 128 Å². The lowest BCUT2D eigenvalue weighted by molar-refractivity contribution is -0.137. The van der Waals surface area contributed by atoms with Crippen LogP contribution in [0.4, 0.5) is 19.0 Å². The number of pyridine rings is 1. The molecule has 1 rings (SSSR count). The van der Waals surface area contributed by atoms with E-state index in [0.29, 0.717) is 16.8 Å². The predicted octanol–water partition coefficient (Wildman–Crippen LogP) is 0.193. The van der Waals surface area contributed by atoms with Crippen molar-refractivity contribution in [1.29, 1.82) is 0 Å². The Hall–Kier alpha value is -0.560. The van der Waals surface area contributed by atoms with Crippen LogP contribution < -0.4 is 21.7 Å². The van der Waals surface area contributed by atoms with Crippen molar-refractivity contribution in [3.8, 4) is 0 Å². The molecule has 0 bridgehead atoms. The molecule has 0 saturated carbocycles. The van der Waals surface area contributed by atoms with E-state index in [2.05, 4.69) is 9.82 Å². The van der Waals surface area contributed by atoms with Crippen molar-refractivity contribution in [2.45, 2.75) is 25.6 Å². The molecule has 0 saturated heterocycles. The van der Waals surface area contributed by atoms with Gasteiger partial charge in [-0.05, 0) is 31.7 Å². The van der Waals surface area contributed by atoms with Crippen molar-refractivity contribution < 1.29 is 25.6 Å². The van der Waals surface area contributed by atoms with Crippen LogP contribution in [0.5, 0.6) is 0 Å². The molecule has 0 unspecified atom stereocenters. The number of rotatable bonds is 4. The Bertz CT molecular complexity index is 431. The Balaban J connectivity index is 0.00000361. The Morgan fingerprint density at radius 2 is 1.80 bits per heavy atom. The third-order valence-corrected chi connectivity index (χ3v) is 3.25. The van der Waals surface area contributed by atoms with Gasteiger partial charge in [0.1, 0.15) is 6.54 Å². The zero-order chi connectivity index (χ0) is 14.9. The lowest BCUT2D eigenvalue weighted by atomic mass is 10.1. The first-order valence-electron chi connectivity index (χ1n) is 5.72. The normalized spacial score (nSPS) is 13.0. The van der Waals surface area contributed by atoms with E-state index in [-0.39, 0.29) is 17.9 Å². The summed E-state index contributed by atoms with van der Waals surface area (Å²) >= 11 is 5.64. The number of hydrogen-bond donors (Lipinski definition) is 1. The van der Waals surface area contributed by atoms with Gasteiger partial charge in [0, 0.05) is 12.3 Å². The van der Waals surface area contributed by atoms with Crippen LogP contribution in [0.25, 0.3) is 0 Å². The molecular weight excluding hydrogens is 314 g/mol. The van der Waals surface area contributed by atoms with Crippen LogP contribution in [0, 0.1) is 0 Å². The summed E-state index contributed by atoms with van der Waals surface area (Å²) in [5.74, 6) is 0.549. The molecule has 0 spiro atoms. The van der Waals surface area contributed by atoms with Gasteiger partial charge in [-0.15, -0.1) is 0 Å². The maximum Gasteiger partial charge on any atom is 0.417 e. The molecule has 0 radical (unpaired) electrons. The van der Waals surface area contributed by atoms with Crippen molar-refractivity contribution in [2.24, 2.45) is 0 Å². The number of quaternary nitrogens is 1. The Morgan fingerprint density at radius 3 is 2.15 bits per heavy atom. The van der Waals surface area contributed by atoms with Gasteiger partial charge in [0.05, 0.1) is 25.2 Å². The van der Waals surface area contributed by atoms with E-state index in [1.807, 2.05) is 27.9 Å². The molecule has 0 aliphatic carbocycles. The third-order valence-electron chi connectivity index (χ3n) is 2.74. The van der Waals surface area contributed by atoms with Crippen molar-refractivity contribution >= 4 is 17.6 Å². The summed E-state index contributed by atoms with van der Waals surface area (Å²) in [4.78, 5) is 6.57. The highest BCUT2D eigenvalue weighted by Gasteiger charge is 2.34. The van der Waals surface area contributed by atoms with Crippen molar-refractivity contribution in [1.82, 2.24) is 14.3 Å². The number of hydrogen-bond acceptors (Lipinski definition) is 2. The second-order valence-corrected chi connectivity index (χ2v) is 5.91. The summed E-state index contributed by atoms with van der Waals surface area (Å²) in [6.45, 7) is 4.39. The summed E-state index contributed by atoms with van der Waals surface area (Å²) < 4.78 is 37.7. The smallest absolute Gasteiger partial charge is 0.417 e. The van der Waals surface area contributed by atoms with Gasteiger partial charge in [0.15, 0.2) is 0 Å². The SMILES string of the molecule is CC(C)(C[N+](C)(C)c1ccc(C(F)(F)F)cn1)NCl.[Cl-]. The van der Waals surface area contributed by atoms with Crippen LogP contribution >= 0.6 is 11.8 Å². The fourth-order valence-corrected chi connectivity index (χ4v) is 2.07. The van der Waals surface area contributed by atoms with Crippen LogP contribution in [0.15, 0.2) is 18.3 Å². The molecular formula is C12H18Cl2F3N3. The molecule has 1 aromatic heterocycles. The lowest BCUT2D eigenvalue weighted by Gasteiger charge is -2.35. The molecule has 1 N–H and O–H groups in total. The molecule has 0 atom stereocenters. The largest absolute Gasteiger partial charge is 1.00 e. The lowest BCUT2D eigenvalue weighted by Crippen LogP contribution is -3.00. The minimum Gasteiger partial charge on any atom is -1.00 e. The van der Waals surface area contributed by atoms with Gasteiger partial charge in [-0.2, -0.15) is 13.2 Å². The van der Waals surface area contributed by atoms with Crippen molar-refractivity contribution in [2.75, 3.05) is 20.6 Å². The van der Waals surface area contributed by atoms with E-state index >= 15 is 0 Å². The molecule has 1 heterocycles. The second-order valence-electron chi connectivity index (χ2n) is 5.72. The van der Waals surface area contributed by atoms with Gasteiger partial charge in [0.25, 0.3) is 0 Å². The summed E-state index contributed by atoms with van der Waals surface area (Å²) in [6, 6.07) is 2.44. The zero-order valence-electron chi connectivity index (χ0n) is 11.7. The van der Waals surface area contributed by atoms with Crippen molar-refractivity contribution in [3.63, 3.8) is 0 Å². The monoisotopic (exact) mass is 331 g/mol. The first-order chi connectivity index (χ1) is 8.48. The van der Waals surface area contributed by atoms with Gasteiger partial charge >= 0.3 is 6.18 Å². The van der Waals surface area contributed by atoms with E-state index in [0.717, 1.165) is 12.3 Å². The third kappa shape index (κ3) is 5.09. The van der Waals surface area contributed by atoms with Gasteiger partial charge in [-0.25, -0.2) is 9.82 Å². The predicted molar refractivity (Wildman–Crippen MR) is 70.8 cm³/mol. The molecule has 0 aromatic carbocycles. The zero-order valence-corrected chi connectivity index (χ0v) is 13.2. The number of aromatic nitrogens is 1. The molecule has 8 heteroatoms. The number of nitrogens with one attached hydrogen (secondary N) is 1. The molecule has 0 amide bonds. The average molecular weight is 332 g/mol. The first kappa shape index (κ1) is 19.4. The quantitative estimate of drug-likeness (QED) is 0.629. The molecule has 3 nitrogen and oxygen atoms in total. The van der Waals surface area contributed by atoms with Gasteiger partial charge in [-0.1, -0.05) is 0 Å². The van der Waals surface area contributed by atoms with E-state index in [1.54, 1.807) is 0 Å². The number of likely N-dealkylation sites (N-methyl/N-ethyl adjacent to an activating group) is 1. The fraction of sp³-hybridized carbons (Fsp3) is 0.583. The van der Waals surface area contributed by atoms with Crippen molar-refractivity contribution in [3.05, 3.63) is 23.9 Å². The molecule has 1 aromatic rings. The highest BCUT2D eigenvalue weighted by atomic mass is 35.5. The standard InChI is InChI=1S/C12H18ClF3N3.ClH/c1-11(2,18-13)8-19(3,4)10-6-5-9(7-17-10)12(14,15)16;/h5-7,18H,8H2,1-4H3;1H/q+1;/p-1. The van der Waals surface area contributed by atoms with E-state index in [4.69, 9.17) is 11.8 Å². The molecule has 116 valence electrons. The summed E-state index contributed by atoms with van der Waals surface area (Å²) in [5.41, 5.74) is -1.11. The molecule has 0 aliphatic heterocycles. The minimum absolute atomic E-state index is 0. The number of alkyl halides is 3. The molecule has 20 heavy (non-hydrogen) atoms. The summed E-state index contributed by atoms with van der Waals surface area (Å²) in [6.07, 6.45) is -3.50. The van der Waals surface area contributed by atoms with Crippen LogP contribution in [-0.4, -0.2) is 31.2 Å². The average Bonchev–Trinajstić information content (AvgIpc) is 2.27. The first-order valence-corrected chi connectivity index (χ1v) is 6.10. The Morgan fingerprint density at radius 1 is 1.25 bits per heavy atom. The van der Waals surface area contributed by atoms with E-state index in [1.165, 1.54) is 6.07 Å². The van der Waals surface area contributed by atoms with Gasteiger partial charge in [-0.3, -0.25) is 4.48 Å². The van der Waals surface area contributed by atoms with Crippen LogP contribution in [0.2, 0.25) is 0 Å². The van der Waals surface area contributed by atoms with Crippen LogP contribution in [0.3, 0.4) is 0 Å². The molecule has 0 aliphatic rings. The highest BCUT2D eigenvalue weighted by molar-refractivity contribution is 6.13. The van der Waals surface area contributed by atoms with E-state index in [9.17, 15) is 13.2 Å². The van der Waals surface area contributed by atoms with E-state index < -0.39 is 11.7 Å². The van der Waals surface area contributed by atoms with Gasteiger partial charge < -0.3 is 12.4 Å². The number of nitrogens with zero attached hydrogens (tertiary/aromatic N) is 2. The Kier molecular flexibility index (Phi) is 6.29. The summed E-state index contributed by atoms with van der Waals surface area (Å²) in [7, 11) is 3.73. The fourth-order valence-electron chi connectivity index (χ4n) is 2.01. The number of halogens is 5. The summed E-state index contributed by atoms with van der Waals surface area (Å²) in [5, 5.41) is 0. The topological polar surface area (TPSA) is 24.9 Å². The second kappa shape index (κ2) is 6.47. The maximum atomic E-state index is 12.5. The van der Waals surface area contributed by atoms with Crippen LogP contribution in [-0.2, 0) is 6.18 Å². The molecule has 0 fully saturated rings. The highest BCUT2D eigenvalue weighted by Crippen LogP contribution is 2.30. The maximum absolute atomic E-state index is 12.5.